The van der Waals surface area contributed by atoms with Gasteiger partial charge in [-0.15, -0.1) is 0 Å². The van der Waals surface area contributed by atoms with Crippen LogP contribution < -0.4 is 0 Å². The molecule has 0 saturated carbocycles. The van der Waals surface area contributed by atoms with Crippen molar-refractivity contribution in [1.29, 1.82) is 0 Å². The third kappa shape index (κ3) is 55.3. The van der Waals surface area contributed by atoms with Crippen molar-refractivity contribution < 1.29 is 28.6 Å². The summed E-state index contributed by atoms with van der Waals surface area (Å²) in [6.07, 6.45) is 76.8. The number of carbonyl (C=O) groups is 3. The molecule has 0 N–H and O–H groups in total. The molecule has 1 unspecified atom stereocenters. The van der Waals surface area contributed by atoms with Gasteiger partial charge >= 0.3 is 17.9 Å². The second-order valence-corrected chi connectivity index (χ2v) is 19.2. The van der Waals surface area contributed by atoms with E-state index in [0.717, 1.165) is 103 Å². The minimum atomic E-state index is -0.804. The Balaban J connectivity index is 4.47. The summed E-state index contributed by atoms with van der Waals surface area (Å²) in [7, 11) is 0. The molecule has 1 atom stereocenters. The lowest BCUT2D eigenvalue weighted by Gasteiger charge is -2.18. The van der Waals surface area contributed by atoms with E-state index in [1.54, 1.807) is 0 Å². The number of allylic oxidation sites excluding steroid dienone is 16. The van der Waals surface area contributed by atoms with Gasteiger partial charge in [0.15, 0.2) is 6.10 Å². The molecule has 0 aromatic carbocycles. The molecular formula is C64H108O6. The first-order valence-corrected chi connectivity index (χ1v) is 29.2. The highest BCUT2D eigenvalue weighted by atomic mass is 16.6. The molecule has 0 amide bonds. The van der Waals surface area contributed by atoms with Crippen molar-refractivity contribution in [3.05, 3.63) is 97.2 Å². The summed E-state index contributed by atoms with van der Waals surface area (Å²) in [4.78, 5) is 38.2. The van der Waals surface area contributed by atoms with E-state index in [1.165, 1.54) is 128 Å². The molecule has 6 nitrogen and oxygen atoms in total. The summed E-state index contributed by atoms with van der Waals surface area (Å²) in [6, 6.07) is 0. The first-order valence-electron chi connectivity index (χ1n) is 29.2. The molecule has 6 heteroatoms. The van der Waals surface area contributed by atoms with Gasteiger partial charge in [0.2, 0.25) is 0 Å². The van der Waals surface area contributed by atoms with Crippen molar-refractivity contribution in [2.24, 2.45) is 0 Å². The summed E-state index contributed by atoms with van der Waals surface area (Å²) in [5.74, 6) is -0.954. The van der Waals surface area contributed by atoms with E-state index >= 15 is 0 Å². The van der Waals surface area contributed by atoms with Crippen molar-refractivity contribution in [1.82, 2.24) is 0 Å². The summed E-state index contributed by atoms with van der Waals surface area (Å²) in [5, 5.41) is 0. The average Bonchev–Trinajstić information content (AvgIpc) is 3.36. The standard InChI is InChI=1S/C64H108O6/c1-4-7-10-13-16-19-22-25-28-30-32-34-36-39-42-45-48-51-54-57-63(66)69-60-61(59-68-62(65)56-53-50-47-44-41-38-35-27-24-21-18-15-12-9-6-3)70-64(67)58-55-52-49-46-43-40-37-33-31-29-26-23-20-17-14-11-8-5-2/h9,12,16,18-19,21,25,27-29,31-32,34-35,41,44,61H,4-8,10-11,13-15,17,20,22-24,26,30,33,36-40,42-43,45-60H2,1-3H3/b12-9-,19-16-,21-18-,28-25-,31-29-,34-32-,35-27-,44-41-. The first-order chi connectivity index (χ1) is 34.5. The van der Waals surface area contributed by atoms with Gasteiger partial charge in [-0.05, 0) is 122 Å². The Hall–Kier alpha value is -3.67. The molecule has 0 rings (SSSR count). The SMILES string of the molecule is CC/C=C\C/C=C\C/C=C\C/C=C\CCCCC(=O)OCC(COC(=O)CCCCCCCC/C=C\C/C=C\C/C=C\CCCCC)OC(=O)CCCCCCCCC/C=C\CCCCCCCCC. The quantitative estimate of drug-likeness (QED) is 0.0262. The minimum absolute atomic E-state index is 0.0997. The van der Waals surface area contributed by atoms with Gasteiger partial charge in [-0.3, -0.25) is 14.4 Å². The fraction of sp³-hybridized carbons (Fsp3) is 0.703. The van der Waals surface area contributed by atoms with Gasteiger partial charge in [0.1, 0.15) is 13.2 Å². The van der Waals surface area contributed by atoms with Crippen molar-refractivity contribution in [3.8, 4) is 0 Å². The van der Waals surface area contributed by atoms with Gasteiger partial charge in [-0.25, -0.2) is 0 Å². The predicted molar refractivity (Wildman–Crippen MR) is 302 cm³/mol. The van der Waals surface area contributed by atoms with Crippen LogP contribution in [0.2, 0.25) is 0 Å². The van der Waals surface area contributed by atoms with Gasteiger partial charge in [0, 0.05) is 19.3 Å². The average molecular weight is 974 g/mol. The molecule has 0 fully saturated rings. The maximum Gasteiger partial charge on any atom is 0.306 e. The van der Waals surface area contributed by atoms with Crippen LogP contribution in [-0.4, -0.2) is 37.2 Å². The number of hydrogen-bond donors (Lipinski definition) is 0. The Morgan fingerprint density at radius 1 is 0.300 bits per heavy atom. The molecule has 0 saturated heterocycles. The fourth-order valence-corrected chi connectivity index (χ4v) is 7.91. The molecule has 400 valence electrons. The molecule has 0 bridgehead atoms. The van der Waals surface area contributed by atoms with Crippen LogP contribution in [-0.2, 0) is 28.6 Å². The third-order valence-corrected chi connectivity index (χ3v) is 12.3. The predicted octanol–water partition coefficient (Wildman–Crippen LogP) is 19.7. The topological polar surface area (TPSA) is 78.9 Å². The van der Waals surface area contributed by atoms with Crippen LogP contribution in [0.4, 0.5) is 0 Å². The zero-order valence-corrected chi connectivity index (χ0v) is 45.8. The summed E-state index contributed by atoms with van der Waals surface area (Å²) in [5.41, 5.74) is 0. The Labute approximate surface area is 432 Å². The lowest BCUT2D eigenvalue weighted by Crippen LogP contribution is -2.30. The monoisotopic (exact) mass is 973 g/mol. The number of hydrogen-bond acceptors (Lipinski definition) is 6. The Bertz CT molecular complexity index is 1400. The maximum atomic E-state index is 12.9. The number of esters is 3. The Morgan fingerprint density at radius 3 is 0.943 bits per heavy atom. The van der Waals surface area contributed by atoms with Gasteiger partial charge in [-0.2, -0.15) is 0 Å². The molecule has 0 aromatic rings. The molecule has 0 aliphatic carbocycles. The third-order valence-electron chi connectivity index (χ3n) is 12.3. The van der Waals surface area contributed by atoms with Crippen LogP contribution in [0.5, 0.6) is 0 Å². The molecular weight excluding hydrogens is 865 g/mol. The number of carbonyl (C=O) groups excluding carboxylic acids is 3. The van der Waals surface area contributed by atoms with Crippen LogP contribution in [0, 0.1) is 0 Å². The van der Waals surface area contributed by atoms with Crippen molar-refractivity contribution in [2.45, 2.75) is 277 Å². The molecule has 0 aromatic heterocycles. The van der Waals surface area contributed by atoms with Crippen LogP contribution in [0.1, 0.15) is 271 Å². The summed E-state index contributed by atoms with van der Waals surface area (Å²) >= 11 is 0. The number of rotatable bonds is 52. The smallest absolute Gasteiger partial charge is 0.306 e. The van der Waals surface area contributed by atoms with E-state index in [9.17, 15) is 14.4 Å². The fourth-order valence-electron chi connectivity index (χ4n) is 7.91. The van der Waals surface area contributed by atoms with E-state index < -0.39 is 6.10 Å². The van der Waals surface area contributed by atoms with Crippen LogP contribution in [0.25, 0.3) is 0 Å². The highest BCUT2D eigenvalue weighted by Gasteiger charge is 2.19. The van der Waals surface area contributed by atoms with Crippen molar-refractivity contribution >= 4 is 17.9 Å². The van der Waals surface area contributed by atoms with Crippen LogP contribution in [0.15, 0.2) is 97.2 Å². The van der Waals surface area contributed by atoms with Crippen molar-refractivity contribution in [3.63, 3.8) is 0 Å². The molecule has 70 heavy (non-hydrogen) atoms. The van der Waals surface area contributed by atoms with Gasteiger partial charge < -0.3 is 14.2 Å². The van der Waals surface area contributed by atoms with E-state index in [4.69, 9.17) is 14.2 Å². The van der Waals surface area contributed by atoms with Crippen LogP contribution in [0.3, 0.4) is 0 Å². The zero-order chi connectivity index (χ0) is 50.7. The van der Waals surface area contributed by atoms with Gasteiger partial charge in [0.05, 0.1) is 0 Å². The number of ether oxygens (including phenoxy) is 3. The lowest BCUT2D eigenvalue weighted by molar-refractivity contribution is -0.167. The second-order valence-electron chi connectivity index (χ2n) is 19.2. The zero-order valence-electron chi connectivity index (χ0n) is 45.8. The lowest BCUT2D eigenvalue weighted by atomic mass is 10.1. The van der Waals surface area contributed by atoms with Crippen LogP contribution >= 0.6 is 0 Å². The van der Waals surface area contributed by atoms with E-state index in [2.05, 4.69) is 118 Å². The van der Waals surface area contributed by atoms with Gasteiger partial charge in [-0.1, -0.05) is 227 Å². The Kier molecular flexibility index (Phi) is 54.9. The molecule has 0 aliphatic rings. The summed E-state index contributed by atoms with van der Waals surface area (Å²) < 4.78 is 16.8. The summed E-state index contributed by atoms with van der Waals surface area (Å²) in [6.45, 7) is 6.46. The highest BCUT2D eigenvalue weighted by molar-refractivity contribution is 5.71. The van der Waals surface area contributed by atoms with Gasteiger partial charge in [0.25, 0.3) is 0 Å². The Morgan fingerprint density at radius 2 is 0.557 bits per heavy atom. The highest BCUT2D eigenvalue weighted by Crippen LogP contribution is 2.14. The molecule has 0 radical (unpaired) electrons. The van der Waals surface area contributed by atoms with E-state index in [1.807, 2.05) is 0 Å². The van der Waals surface area contributed by atoms with E-state index in [0.29, 0.717) is 19.3 Å². The largest absolute Gasteiger partial charge is 0.462 e. The second kappa shape index (κ2) is 57.9. The molecule has 0 aliphatic heterocycles. The maximum absolute atomic E-state index is 12.9. The minimum Gasteiger partial charge on any atom is -0.462 e. The molecule has 0 spiro atoms. The number of unbranched alkanes of at least 4 members (excludes halogenated alkanes) is 25. The normalized spacial score (nSPS) is 12.8. The first kappa shape index (κ1) is 66.3. The van der Waals surface area contributed by atoms with E-state index in [-0.39, 0.29) is 31.1 Å². The molecule has 0 heterocycles. The van der Waals surface area contributed by atoms with Crippen molar-refractivity contribution in [2.75, 3.05) is 13.2 Å².